The molecule has 2 aromatic rings. The van der Waals surface area contributed by atoms with Crippen LogP contribution in [0.3, 0.4) is 0 Å². The van der Waals surface area contributed by atoms with Crippen LogP contribution in [0.15, 0.2) is 24.3 Å². The van der Waals surface area contributed by atoms with E-state index in [1.54, 1.807) is 0 Å². The lowest BCUT2D eigenvalue weighted by Gasteiger charge is -2.01. The van der Waals surface area contributed by atoms with E-state index in [4.69, 9.17) is 0 Å². The molecule has 2 nitrogen and oxygen atoms in total. The van der Waals surface area contributed by atoms with Crippen molar-refractivity contribution in [1.29, 1.82) is 0 Å². The van der Waals surface area contributed by atoms with Crippen molar-refractivity contribution in [1.82, 2.24) is 9.55 Å². The third-order valence-corrected chi connectivity index (χ3v) is 3.13. The SMILES string of the molecule is CCCCCCc1nc2ccccc2n1C. The zero-order valence-electron chi connectivity index (χ0n) is 10.2. The predicted molar refractivity (Wildman–Crippen MR) is 68.6 cm³/mol. The molecule has 0 amide bonds. The van der Waals surface area contributed by atoms with Crippen molar-refractivity contribution in [3.63, 3.8) is 0 Å². The molecule has 0 saturated heterocycles. The molecule has 0 spiro atoms. The highest BCUT2D eigenvalue weighted by atomic mass is 15.1. The molecule has 1 aromatic carbocycles. The summed E-state index contributed by atoms with van der Waals surface area (Å²) in [6.07, 6.45) is 6.31. The zero-order valence-corrected chi connectivity index (χ0v) is 10.2. The quantitative estimate of drug-likeness (QED) is 0.697. The molecule has 0 atom stereocenters. The first-order chi connectivity index (χ1) is 7.83. The molecule has 2 rings (SSSR count). The van der Waals surface area contributed by atoms with Gasteiger partial charge in [-0.2, -0.15) is 0 Å². The van der Waals surface area contributed by atoms with Gasteiger partial charge in [-0.05, 0) is 18.6 Å². The fraction of sp³-hybridized carbons (Fsp3) is 0.500. The van der Waals surface area contributed by atoms with Gasteiger partial charge in [0.05, 0.1) is 11.0 Å². The maximum Gasteiger partial charge on any atom is 0.109 e. The number of imidazole rings is 1. The summed E-state index contributed by atoms with van der Waals surface area (Å²) in [6.45, 7) is 2.25. The predicted octanol–water partition coefficient (Wildman–Crippen LogP) is 3.70. The van der Waals surface area contributed by atoms with Crippen LogP contribution in [-0.2, 0) is 13.5 Å². The summed E-state index contributed by atoms with van der Waals surface area (Å²) in [4.78, 5) is 4.67. The third kappa shape index (κ3) is 2.26. The molecule has 0 radical (unpaired) electrons. The average Bonchev–Trinajstić information content (AvgIpc) is 2.63. The molecular weight excluding hydrogens is 196 g/mol. The van der Waals surface area contributed by atoms with Crippen LogP contribution in [0.5, 0.6) is 0 Å². The van der Waals surface area contributed by atoms with Crippen LogP contribution in [0, 0.1) is 0 Å². The number of benzene rings is 1. The second-order valence-corrected chi connectivity index (χ2v) is 4.39. The van der Waals surface area contributed by atoms with Gasteiger partial charge >= 0.3 is 0 Å². The number of para-hydroxylation sites is 2. The molecule has 0 saturated carbocycles. The van der Waals surface area contributed by atoms with Crippen LogP contribution in [0.1, 0.15) is 38.4 Å². The summed E-state index contributed by atoms with van der Waals surface area (Å²) in [7, 11) is 2.12. The smallest absolute Gasteiger partial charge is 0.109 e. The van der Waals surface area contributed by atoms with E-state index in [0.717, 1.165) is 11.9 Å². The van der Waals surface area contributed by atoms with Crippen molar-refractivity contribution in [2.45, 2.75) is 39.0 Å². The lowest BCUT2D eigenvalue weighted by Crippen LogP contribution is -1.97. The number of rotatable bonds is 5. The third-order valence-electron chi connectivity index (χ3n) is 3.13. The van der Waals surface area contributed by atoms with Gasteiger partial charge in [0, 0.05) is 13.5 Å². The highest BCUT2D eigenvalue weighted by molar-refractivity contribution is 5.75. The van der Waals surface area contributed by atoms with Crippen LogP contribution in [0.4, 0.5) is 0 Å². The first-order valence-corrected chi connectivity index (χ1v) is 6.23. The summed E-state index contributed by atoms with van der Waals surface area (Å²) < 4.78 is 2.22. The van der Waals surface area contributed by atoms with Gasteiger partial charge in [-0.25, -0.2) is 4.98 Å². The Kier molecular flexibility index (Phi) is 3.60. The lowest BCUT2D eigenvalue weighted by molar-refractivity contribution is 0.642. The standard InChI is InChI=1S/C14H20N2/c1-3-4-5-6-11-14-15-12-9-7-8-10-13(12)16(14)2/h7-10H,3-6,11H2,1-2H3. The summed E-state index contributed by atoms with van der Waals surface area (Å²) in [5.74, 6) is 1.22. The van der Waals surface area contributed by atoms with Crippen LogP contribution in [0.2, 0.25) is 0 Å². The molecule has 1 heterocycles. The minimum absolute atomic E-state index is 1.10. The Hall–Kier alpha value is -1.31. The van der Waals surface area contributed by atoms with E-state index >= 15 is 0 Å². The molecule has 86 valence electrons. The minimum Gasteiger partial charge on any atom is -0.331 e. The molecule has 1 aromatic heterocycles. The van der Waals surface area contributed by atoms with Gasteiger partial charge in [-0.1, -0.05) is 38.3 Å². The second-order valence-electron chi connectivity index (χ2n) is 4.39. The number of nitrogens with zero attached hydrogens (tertiary/aromatic N) is 2. The first kappa shape index (κ1) is 11.2. The van der Waals surface area contributed by atoms with Gasteiger partial charge < -0.3 is 4.57 Å². The monoisotopic (exact) mass is 216 g/mol. The average molecular weight is 216 g/mol. The van der Waals surface area contributed by atoms with Gasteiger partial charge in [0.15, 0.2) is 0 Å². The van der Waals surface area contributed by atoms with Gasteiger partial charge in [0.2, 0.25) is 0 Å². The summed E-state index contributed by atoms with van der Waals surface area (Å²) in [6, 6.07) is 8.35. The van der Waals surface area contributed by atoms with Crippen molar-refractivity contribution >= 4 is 11.0 Å². The highest BCUT2D eigenvalue weighted by Crippen LogP contribution is 2.16. The maximum absolute atomic E-state index is 4.67. The number of hydrogen-bond donors (Lipinski definition) is 0. The van der Waals surface area contributed by atoms with E-state index in [1.807, 2.05) is 0 Å². The number of unbranched alkanes of at least 4 members (excludes halogenated alkanes) is 3. The molecule has 0 fully saturated rings. The van der Waals surface area contributed by atoms with Crippen molar-refractivity contribution in [2.24, 2.45) is 7.05 Å². The van der Waals surface area contributed by atoms with Crippen LogP contribution in [0.25, 0.3) is 11.0 Å². The Labute approximate surface area is 97.3 Å². The van der Waals surface area contributed by atoms with Crippen LogP contribution < -0.4 is 0 Å². The molecule has 0 unspecified atom stereocenters. The van der Waals surface area contributed by atoms with Gasteiger partial charge in [0.25, 0.3) is 0 Å². The number of aryl methyl sites for hydroxylation is 2. The van der Waals surface area contributed by atoms with Crippen molar-refractivity contribution in [3.8, 4) is 0 Å². The molecular formula is C14H20N2. The summed E-state index contributed by atoms with van der Waals surface area (Å²) in [5.41, 5.74) is 2.36. The van der Waals surface area contributed by atoms with Crippen molar-refractivity contribution < 1.29 is 0 Å². The second kappa shape index (κ2) is 5.15. The van der Waals surface area contributed by atoms with E-state index in [2.05, 4.69) is 47.8 Å². The first-order valence-electron chi connectivity index (χ1n) is 6.23. The van der Waals surface area contributed by atoms with Crippen LogP contribution in [-0.4, -0.2) is 9.55 Å². The fourth-order valence-electron chi connectivity index (χ4n) is 2.13. The normalized spacial score (nSPS) is 11.1. The maximum atomic E-state index is 4.67. The Morgan fingerprint density at radius 2 is 1.94 bits per heavy atom. The Morgan fingerprint density at radius 3 is 2.69 bits per heavy atom. The molecule has 0 bridgehead atoms. The van der Waals surface area contributed by atoms with E-state index < -0.39 is 0 Å². The molecule has 2 heteroatoms. The van der Waals surface area contributed by atoms with E-state index in [-0.39, 0.29) is 0 Å². The number of fused-ring (bicyclic) bond motifs is 1. The minimum atomic E-state index is 1.10. The summed E-state index contributed by atoms with van der Waals surface area (Å²) in [5, 5.41) is 0. The van der Waals surface area contributed by atoms with Crippen molar-refractivity contribution in [2.75, 3.05) is 0 Å². The Bertz CT molecular complexity index is 457. The summed E-state index contributed by atoms with van der Waals surface area (Å²) >= 11 is 0. The van der Waals surface area contributed by atoms with Gasteiger partial charge in [-0.3, -0.25) is 0 Å². The fourth-order valence-corrected chi connectivity index (χ4v) is 2.13. The lowest BCUT2D eigenvalue weighted by atomic mass is 10.1. The van der Waals surface area contributed by atoms with Gasteiger partial charge in [0.1, 0.15) is 5.82 Å². The Morgan fingerprint density at radius 1 is 1.12 bits per heavy atom. The molecule has 16 heavy (non-hydrogen) atoms. The topological polar surface area (TPSA) is 17.8 Å². The van der Waals surface area contributed by atoms with E-state index in [0.29, 0.717) is 0 Å². The molecule has 0 N–H and O–H groups in total. The molecule has 0 aliphatic heterocycles. The molecule has 0 aliphatic carbocycles. The van der Waals surface area contributed by atoms with E-state index in [9.17, 15) is 0 Å². The number of hydrogen-bond acceptors (Lipinski definition) is 1. The molecule has 0 aliphatic rings. The van der Waals surface area contributed by atoms with Crippen molar-refractivity contribution in [3.05, 3.63) is 30.1 Å². The van der Waals surface area contributed by atoms with E-state index in [1.165, 1.54) is 37.0 Å². The van der Waals surface area contributed by atoms with Crippen LogP contribution >= 0.6 is 0 Å². The largest absolute Gasteiger partial charge is 0.331 e. The highest BCUT2D eigenvalue weighted by Gasteiger charge is 2.05. The zero-order chi connectivity index (χ0) is 11.4. The van der Waals surface area contributed by atoms with Gasteiger partial charge in [-0.15, -0.1) is 0 Å². The number of aromatic nitrogens is 2. The Balaban J connectivity index is 2.09.